The topological polar surface area (TPSA) is 59.8 Å². The van der Waals surface area contributed by atoms with Crippen LogP contribution in [-0.4, -0.2) is 26.7 Å². The average Bonchev–Trinajstić information content (AvgIpc) is 2.99. The lowest BCUT2D eigenvalue weighted by Gasteiger charge is -2.22. The average molecular weight is 342 g/mol. The summed E-state index contributed by atoms with van der Waals surface area (Å²) < 4.78 is 1.97. The zero-order valence-corrected chi connectivity index (χ0v) is 15.9. The molecule has 0 bridgehead atoms. The monoisotopic (exact) mass is 342 g/mol. The molecule has 136 valence electrons. The lowest BCUT2D eigenvalue weighted by molar-refractivity contribution is -0.121. The minimum atomic E-state index is 0.170. The summed E-state index contributed by atoms with van der Waals surface area (Å²) in [6.07, 6.45) is 9.23. The number of carbonyl (C=O) groups excluding carboxylic acids is 1. The molecule has 25 heavy (non-hydrogen) atoms. The molecule has 3 rings (SSSR count). The smallest absolute Gasteiger partial charge is 0.220 e. The zero-order valence-electron chi connectivity index (χ0n) is 15.9. The number of aryl methyl sites for hydroxylation is 2. The number of carbonyl (C=O) groups is 1. The number of rotatable bonds is 5. The van der Waals surface area contributed by atoms with Crippen molar-refractivity contribution in [3.8, 4) is 0 Å². The van der Waals surface area contributed by atoms with E-state index in [1.807, 2.05) is 17.8 Å². The summed E-state index contributed by atoms with van der Waals surface area (Å²) in [4.78, 5) is 17.1. The van der Waals surface area contributed by atoms with Gasteiger partial charge in [-0.15, -0.1) is 0 Å². The van der Waals surface area contributed by atoms with Crippen LogP contribution in [0, 0.1) is 13.8 Å². The second-order valence-corrected chi connectivity index (χ2v) is 7.62. The van der Waals surface area contributed by atoms with Crippen molar-refractivity contribution in [2.24, 2.45) is 0 Å². The normalized spacial score (nSPS) is 15.9. The first kappa shape index (κ1) is 17.9. The summed E-state index contributed by atoms with van der Waals surface area (Å²) in [5.41, 5.74) is 4.35. The number of nitrogens with zero attached hydrogens (tertiary/aromatic N) is 3. The molecule has 0 radical (unpaired) electrons. The Kier molecular flexibility index (Phi) is 5.40. The van der Waals surface area contributed by atoms with Gasteiger partial charge in [-0.2, -0.15) is 5.10 Å². The molecule has 0 saturated heterocycles. The minimum absolute atomic E-state index is 0.170. The van der Waals surface area contributed by atoms with E-state index in [2.05, 4.69) is 31.2 Å². The fraction of sp³-hybridized carbons (Fsp3) is 0.650. The highest BCUT2D eigenvalue weighted by Crippen LogP contribution is 2.25. The predicted octanol–water partition coefficient (Wildman–Crippen LogP) is 4.01. The molecule has 0 aromatic carbocycles. The number of hydrogen-bond acceptors (Lipinski definition) is 3. The van der Waals surface area contributed by atoms with Crippen LogP contribution >= 0.6 is 0 Å². The Morgan fingerprint density at radius 3 is 2.68 bits per heavy atom. The maximum Gasteiger partial charge on any atom is 0.220 e. The van der Waals surface area contributed by atoms with Crippen LogP contribution in [0.15, 0.2) is 6.20 Å². The molecule has 2 aromatic heterocycles. The first-order valence-electron chi connectivity index (χ1n) is 9.60. The van der Waals surface area contributed by atoms with E-state index in [0.717, 1.165) is 36.0 Å². The number of aromatic nitrogens is 3. The highest BCUT2D eigenvalue weighted by atomic mass is 16.1. The largest absolute Gasteiger partial charge is 0.353 e. The van der Waals surface area contributed by atoms with Gasteiger partial charge in [-0.1, -0.05) is 19.3 Å². The van der Waals surface area contributed by atoms with Crippen LogP contribution in [-0.2, 0) is 11.2 Å². The van der Waals surface area contributed by atoms with Gasteiger partial charge < -0.3 is 5.32 Å². The zero-order chi connectivity index (χ0) is 18.0. The summed E-state index contributed by atoms with van der Waals surface area (Å²) in [6.45, 7) is 8.39. The van der Waals surface area contributed by atoms with Crippen molar-refractivity contribution in [3.63, 3.8) is 0 Å². The number of pyridine rings is 1. The molecule has 1 amide bonds. The van der Waals surface area contributed by atoms with E-state index >= 15 is 0 Å². The van der Waals surface area contributed by atoms with Crippen molar-refractivity contribution < 1.29 is 4.79 Å². The summed E-state index contributed by atoms with van der Waals surface area (Å²) in [7, 11) is 0. The molecular formula is C20H30N4O. The molecule has 5 nitrogen and oxygen atoms in total. The van der Waals surface area contributed by atoms with Gasteiger partial charge in [-0.05, 0) is 58.1 Å². The molecule has 2 heterocycles. The van der Waals surface area contributed by atoms with Crippen LogP contribution in [0.2, 0.25) is 0 Å². The van der Waals surface area contributed by atoms with Crippen molar-refractivity contribution in [2.45, 2.75) is 84.7 Å². The maximum atomic E-state index is 12.3. The van der Waals surface area contributed by atoms with Crippen molar-refractivity contribution in [1.29, 1.82) is 0 Å². The molecular weight excluding hydrogens is 312 g/mol. The highest BCUT2D eigenvalue weighted by molar-refractivity contribution is 5.81. The van der Waals surface area contributed by atoms with Gasteiger partial charge in [0.15, 0.2) is 5.65 Å². The van der Waals surface area contributed by atoms with Crippen molar-refractivity contribution >= 4 is 16.9 Å². The molecule has 0 spiro atoms. The molecule has 1 fully saturated rings. The van der Waals surface area contributed by atoms with E-state index in [4.69, 9.17) is 4.98 Å². The van der Waals surface area contributed by atoms with E-state index in [1.165, 1.54) is 30.4 Å². The number of hydrogen-bond donors (Lipinski definition) is 1. The minimum Gasteiger partial charge on any atom is -0.353 e. The van der Waals surface area contributed by atoms with Crippen LogP contribution in [0.1, 0.15) is 75.2 Å². The van der Waals surface area contributed by atoms with Crippen molar-refractivity contribution in [3.05, 3.63) is 23.0 Å². The summed E-state index contributed by atoms with van der Waals surface area (Å²) in [6, 6.07) is 0.671. The number of amides is 1. The third-order valence-electron chi connectivity index (χ3n) is 5.40. The van der Waals surface area contributed by atoms with Crippen LogP contribution in [0.4, 0.5) is 0 Å². The van der Waals surface area contributed by atoms with Gasteiger partial charge in [0.2, 0.25) is 5.91 Å². The Bertz CT molecular complexity index is 757. The first-order valence-corrected chi connectivity index (χ1v) is 9.60. The van der Waals surface area contributed by atoms with E-state index in [1.54, 1.807) is 0 Å². The van der Waals surface area contributed by atoms with E-state index in [0.29, 0.717) is 12.5 Å². The SMILES string of the molecule is Cc1nc2c(cnn2C(C)C)c(C)c1CCC(=O)NC1CCCCC1. The van der Waals surface area contributed by atoms with Gasteiger partial charge in [0.1, 0.15) is 0 Å². The molecule has 1 aliphatic rings. The summed E-state index contributed by atoms with van der Waals surface area (Å²) in [5.74, 6) is 0.170. The lowest BCUT2D eigenvalue weighted by atomic mass is 9.95. The van der Waals surface area contributed by atoms with Gasteiger partial charge >= 0.3 is 0 Å². The van der Waals surface area contributed by atoms with Gasteiger partial charge in [-0.25, -0.2) is 9.67 Å². The number of fused-ring (bicyclic) bond motifs is 1. The van der Waals surface area contributed by atoms with E-state index in [9.17, 15) is 4.79 Å². The van der Waals surface area contributed by atoms with Gasteiger partial charge in [-0.3, -0.25) is 4.79 Å². The quantitative estimate of drug-likeness (QED) is 0.893. The predicted molar refractivity (Wildman–Crippen MR) is 101 cm³/mol. The second-order valence-electron chi connectivity index (χ2n) is 7.62. The standard InChI is InChI=1S/C20H30N4O/c1-13(2)24-20-18(12-21-24)14(3)17(15(4)22-20)10-11-19(25)23-16-8-6-5-7-9-16/h12-13,16H,5-11H2,1-4H3,(H,23,25). The fourth-order valence-corrected chi connectivity index (χ4v) is 3.92. The van der Waals surface area contributed by atoms with Crippen molar-refractivity contribution in [2.75, 3.05) is 0 Å². The Hall–Kier alpha value is -1.91. The molecule has 1 aliphatic carbocycles. The molecule has 1 N–H and O–H groups in total. The highest BCUT2D eigenvalue weighted by Gasteiger charge is 2.18. The Morgan fingerprint density at radius 1 is 1.28 bits per heavy atom. The fourth-order valence-electron chi connectivity index (χ4n) is 3.92. The second kappa shape index (κ2) is 7.54. The third-order valence-corrected chi connectivity index (χ3v) is 5.40. The first-order chi connectivity index (χ1) is 12.0. The van der Waals surface area contributed by atoms with Crippen LogP contribution in [0.3, 0.4) is 0 Å². The third kappa shape index (κ3) is 3.86. The maximum absolute atomic E-state index is 12.3. The van der Waals surface area contributed by atoms with Crippen LogP contribution in [0.25, 0.3) is 11.0 Å². The van der Waals surface area contributed by atoms with Crippen LogP contribution in [0.5, 0.6) is 0 Å². The summed E-state index contributed by atoms with van der Waals surface area (Å²) >= 11 is 0. The van der Waals surface area contributed by atoms with Gasteiger partial charge in [0.25, 0.3) is 0 Å². The molecule has 0 aliphatic heterocycles. The molecule has 0 atom stereocenters. The molecule has 0 unspecified atom stereocenters. The van der Waals surface area contributed by atoms with Gasteiger partial charge in [0.05, 0.1) is 6.20 Å². The molecule has 2 aromatic rings. The van der Waals surface area contributed by atoms with E-state index in [-0.39, 0.29) is 11.9 Å². The Labute approximate surface area is 150 Å². The molecule has 1 saturated carbocycles. The Morgan fingerprint density at radius 2 is 2.00 bits per heavy atom. The van der Waals surface area contributed by atoms with Gasteiger partial charge in [0, 0.05) is 29.6 Å². The van der Waals surface area contributed by atoms with E-state index < -0.39 is 0 Å². The van der Waals surface area contributed by atoms with Crippen LogP contribution < -0.4 is 5.32 Å². The molecule has 5 heteroatoms. The van der Waals surface area contributed by atoms with Crippen molar-refractivity contribution in [1.82, 2.24) is 20.1 Å². The summed E-state index contributed by atoms with van der Waals surface area (Å²) in [5, 5.41) is 8.79. The number of nitrogens with one attached hydrogen (secondary N) is 1. The lowest BCUT2D eigenvalue weighted by Crippen LogP contribution is -2.36. The Balaban J connectivity index is 1.71.